The summed E-state index contributed by atoms with van der Waals surface area (Å²) in [6, 6.07) is 18.5. The van der Waals surface area contributed by atoms with Gasteiger partial charge in [0, 0.05) is 11.1 Å². The standard InChI is InChI=1S/C27H25FO4/c1-17(2)25(29)31-21-13-8-19(9-14-21)23-15-10-20(16-24(23)28)18-6-11-22(12-7-18)32-26(30)27(3,4)5/h6-16H,1H2,2-5H3. The van der Waals surface area contributed by atoms with Crippen LogP contribution in [0.2, 0.25) is 0 Å². The third kappa shape index (κ3) is 5.49. The van der Waals surface area contributed by atoms with Gasteiger partial charge in [0.05, 0.1) is 5.41 Å². The molecular formula is C27H25FO4. The fraction of sp³-hybridized carbons (Fsp3) is 0.185. The molecule has 0 radical (unpaired) electrons. The molecule has 0 fully saturated rings. The van der Waals surface area contributed by atoms with E-state index in [1.165, 1.54) is 6.07 Å². The van der Waals surface area contributed by atoms with E-state index in [4.69, 9.17) is 9.47 Å². The Morgan fingerprint density at radius 1 is 0.781 bits per heavy atom. The van der Waals surface area contributed by atoms with Crippen molar-refractivity contribution in [2.24, 2.45) is 5.41 Å². The van der Waals surface area contributed by atoms with Crippen LogP contribution in [0.5, 0.6) is 11.5 Å². The molecule has 0 saturated carbocycles. The lowest BCUT2D eigenvalue weighted by Gasteiger charge is -2.16. The molecule has 0 aliphatic carbocycles. The smallest absolute Gasteiger partial charge is 0.338 e. The summed E-state index contributed by atoms with van der Waals surface area (Å²) in [5, 5.41) is 0. The Labute approximate surface area is 187 Å². The molecule has 164 valence electrons. The largest absolute Gasteiger partial charge is 0.426 e. The van der Waals surface area contributed by atoms with Gasteiger partial charge < -0.3 is 9.47 Å². The van der Waals surface area contributed by atoms with Gasteiger partial charge in [0.15, 0.2) is 0 Å². The topological polar surface area (TPSA) is 52.6 Å². The second-order valence-corrected chi connectivity index (χ2v) is 8.55. The molecule has 0 N–H and O–H groups in total. The van der Waals surface area contributed by atoms with Gasteiger partial charge in [-0.25, -0.2) is 9.18 Å². The van der Waals surface area contributed by atoms with E-state index in [1.54, 1.807) is 82.3 Å². The Hall–Kier alpha value is -3.73. The first kappa shape index (κ1) is 22.9. The summed E-state index contributed by atoms with van der Waals surface area (Å²) < 4.78 is 25.4. The van der Waals surface area contributed by atoms with E-state index in [2.05, 4.69) is 6.58 Å². The summed E-state index contributed by atoms with van der Waals surface area (Å²) in [5.74, 6) is -0.393. The van der Waals surface area contributed by atoms with Crippen molar-refractivity contribution < 1.29 is 23.5 Å². The number of rotatable bonds is 5. The Kier molecular flexibility index (Phi) is 6.58. The van der Waals surface area contributed by atoms with Crippen molar-refractivity contribution >= 4 is 11.9 Å². The molecule has 0 bridgehead atoms. The first-order valence-electron chi connectivity index (χ1n) is 10.1. The maximum absolute atomic E-state index is 14.9. The minimum atomic E-state index is -0.595. The number of esters is 2. The predicted molar refractivity (Wildman–Crippen MR) is 123 cm³/mol. The Morgan fingerprint density at radius 2 is 1.28 bits per heavy atom. The summed E-state index contributed by atoms with van der Waals surface area (Å²) in [6.45, 7) is 10.5. The lowest BCUT2D eigenvalue weighted by Crippen LogP contribution is -2.25. The molecule has 4 nitrogen and oxygen atoms in total. The highest BCUT2D eigenvalue weighted by Crippen LogP contribution is 2.30. The summed E-state index contributed by atoms with van der Waals surface area (Å²) >= 11 is 0. The number of carbonyl (C=O) groups is 2. The van der Waals surface area contributed by atoms with Gasteiger partial charge in [-0.2, -0.15) is 0 Å². The molecule has 0 saturated heterocycles. The highest BCUT2D eigenvalue weighted by molar-refractivity contribution is 5.88. The lowest BCUT2D eigenvalue weighted by atomic mass is 9.97. The van der Waals surface area contributed by atoms with Gasteiger partial charge in [0.25, 0.3) is 0 Å². The molecule has 0 atom stereocenters. The van der Waals surface area contributed by atoms with Crippen LogP contribution in [0.1, 0.15) is 27.7 Å². The molecule has 0 aliphatic rings. The first-order chi connectivity index (χ1) is 15.0. The van der Waals surface area contributed by atoms with Crippen LogP contribution in [0.15, 0.2) is 78.9 Å². The Morgan fingerprint density at radius 3 is 1.78 bits per heavy atom. The number of hydrogen-bond donors (Lipinski definition) is 0. The number of benzene rings is 3. The molecule has 0 unspecified atom stereocenters. The summed E-state index contributed by atoms with van der Waals surface area (Å²) in [7, 11) is 0. The highest BCUT2D eigenvalue weighted by atomic mass is 19.1. The molecule has 0 aromatic heterocycles. The maximum Gasteiger partial charge on any atom is 0.338 e. The zero-order chi connectivity index (χ0) is 23.5. The van der Waals surface area contributed by atoms with Gasteiger partial charge >= 0.3 is 11.9 Å². The molecule has 5 heteroatoms. The Bertz CT molecular complexity index is 1150. The molecule has 32 heavy (non-hydrogen) atoms. The monoisotopic (exact) mass is 432 g/mol. The van der Waals surface area contributed by atoms with Crippen LogP contribution < -0.4 is 9.47 Å². The molecule has 0 heterocycles. The normalized spacial score (nSPS) is 11.0. The number of hydrogen-bond acceptors (Lipinski definition) is 4. The fourth-order valence-corrected chi connectivity index (χ4v) is 2.80. The van der Waals surface area contributed by atoms with E-state index in [0.29, 0.717) is 33.8 Å². The van der Waals surface area contributed by atoms with Crippen molar-refractivity contribution in [3.63, 3.8) is 0 Å². The van der Waals surface area contributed by atoms with Crippen molar-refractivity contribution in [2.45, 2.75) is 27.7 Å². The lowest BCUT2D eigenvalue weighted by molar-refractivity contribution is -0.143. The van der Waals surface area contributed by atoms with Crippen LogP contribution in [-0.2, 0) is 9.59 Å². The molecule has 3 aromatic rings. The van der Waals surface area contributed by atoms with E-state index < -0.39 is 11.4 Å². The molecule has 3 aromatic carbocycles. The van der Waals surface area contributed by atoms with Crippen molar-refractivity contribution in [1.82, 2.24) is 0 Å². The maximum atomic E-state index is 14.9. The summed E-state index contributed by atoms with van der Waals surface area (Å²) in [6.07, 6.45) is 0. The minimum absolute atomic E-state index is 0.302. The van der Waals surface area contributed by atoms with Crippen molar-refractivity contribution in [1.29, 1.82) is 0 Å². The van der Waals surface area contributed by atoms with Crippen LogP contribution in [0.3, 0.4) is 0 Å². The van der Waals surface area contributed by atoms with E-state index in [-0.39, 0.29) is 11.8 Å². The van der Waals surface area contributed by atoms with Crippen LogP contribution in [0, 0.1) is 11.2 Å². The SMILES string of the molecule is C=C(C)C(=O)Oc1ccc(-c2ccc(-c3ccc(OC(=O)C(C)(C)C)cc3)cc2F)cc1. The van der Waals surface area contributed by atoms with Gasteiger partial charge in [0.2, 0.25) is 0 Å². The molecule has 3 rings (SSSR count). The summed E-state index contributed by atoms with van der Waals surface area (Å²) in [5.41, 5.74) is 2.30. The van der Waals surface area contributed by atoms with E-state index in [1.807, 2.05) is 6.07 Å². The minimum Gasteiger partial charge on any atom is -0.426 e. The average Bonchev–Trinajstić information content (AvgIpc) is 2.74. The summed E-state index contributed by atoms with van der Waals surface area (Å²) in [4.78, 5) is 23.6. The third-order valence-corrected chi connectivity index (χ3v) is 4.70. The fourth-order valence-electron chi connectivity index (χ4n) is 2.80. The first-order valence-corrected chi connectivity index (χ1v) is 10.1. The predicted octanol–water partition coefficient (Wildman–Crippen LogP) is 6.59. The number of carbonyl (C=O) groups excluding carboxylic acids is 2. The van der Waals surface area contributed by atoms with Gasteiger partial charge in [-0.15, -0.1) is 0 Å². The number of ether oxygens (including phenoxy) is 2. The zero-order valence-corrected chi connectivity index (χ0v) is 18.6. The van der Waals surface area contributed by atoms with Gasteiger partial charge in [-0.1, -0.05) is 43.0 Å². The van der Waals surface area contributed by atoms with Crippen molar-refractivity contribution in [2.75, 3.05) is 0 Å². The van der Waals surface area contributed by atoms with Crippen LogP contribution in [0.25, 0.3) is 22.3 Å². The molecular weight excluding hydrogens is 407 g/mol. The van der Waals surface area contributed by atoms with Crippen LogP contribution in [-0.4, -0.2) is 11.9 Å². The molecule has 0 amide bonds. The third-order valence-electron chi connectivity index (χ3n) is 4.70. The highest BCUT2D eigenvalue weighted by Gasteiger charge is 2.23. The average molecular weight is 432 g/mol. The van der Waals surface area contributed by atoms with Crippen LogP contribution in [0.4, 0.5) is 4.39 Å². The van der Waals surface area contributed by atoms with Crippen molar-refractivity contribution in [3.05, 3.63) is 84.7 Å². The van der Waals surface area contributed by atoms with E-state index >= 15 is 0 Å². The van der Waals surface area contributed by atoms with Gasteiger partial charge in [-0.3, -0.25) is 4.79 Å². The second kappa shape index (κ2) is 9.18. The number of halogens is 1. The zero-order valence-electron chi connectivity index (χ0n) is 18.6. The quantitative estimate of drug-likeness (QED) is 0.259. The van der Waals surface area contributed by atoms with Crippen LogP contribution >= 0.6 is 0 Å². The van der Waals surface area contributed by atoms with Gasteiger partial charge in [-0.05, 0) is 74.7 Å². The molecule has 0 spiro atoms. The van der Waals surface area contributed by atoms with E-state index in [0.717, 1.165) is 5.56 Å². The van der Waals surface area contributed by atoms with Gasteiger partial charge in [0.1, 0.15) is 17.3 Å². The molecule has 0 aliphatic heterocycles. The Balaban J connectivity index is 1.76. The van der Waals surface area contributed by atoms with E-state index in [9.17, 15) is 14.0 Å². The second-order valence-electron chi connectivity index (χ2n) is 8.55. The van der Waals surface area contributed by atoms with Crippen molar-refractivity contribution in [3.8, 4) is 33.8 Å².